The third-order valence-corrected chi connectivity index (χ3v) is 2.37. The molecule has 0 atom stereocenters. The number of ether oxygens (including phenoxy) is 1. The van der Waals surface area contributed by atoms with Crippen LogP contribution < -0.4 is 0 Å². The lowest BCUT2D eigenvalue weighted by Crippen LogP contribution is -2.37. The third kappa shape index (κ3) is 3.70. The lowest BCUT2D eigenvalue weighted by Gasteiger charge is -2.19. The molecule has 0 saturated heterocycles. The maximum atomic E-state index is 13.4. The minimum atomic E-state index is -1.35. The molecule has 0 saturated carbocycles. The highest BCUT2D eigenvalue weighted by Crippen LogP contribution is 2.12. The minimum Gasteiger partial charge on any atom is -0.465 e. The van der Waals surface area contributed by atoms with Crippen LogP contribution in [0, 0.1) is 11.8 Å². The number of amides is 1. The first-order valence-corrected chi connectivity index (χ1v) is 5.76. The summed E-state index contributed by atoms with van der Waals surface area (Å²) < 4.78 is 31.1. The van der Waals surface area contributed by atoms with E-state index in [-0.39, 0.29) is 19.7 Å². The van der Waals surface area contributed by atoms with Crippen molar-refractivity contribution in [2.45, 2.75) is 13.8 Å². The van der Waals surface area contributed by atoms with Gasteiger partial charge in [-0.05, 0) is 19.9 Å². The number of hydrogen-bond acceptors (Lipinski definition) is 4. The Morgan fingerprint density at radius 3 is 2.63 bits per heavy atom. The average molecular weight is 272 g/mol. The van der Waals surface area contributed by atoms with E-state index in [4.69, 9.17) is 4.74 Å². The van der Waals surface area contributed by atoms with Gasteiger partial charge in [0.2, 0.25) is 5.95 Å². The maximum Gasteiger partial charge on any atom is 0.325 e. The van der Waals surface area contributed by atoms with Crippen molar-refractivity contribution in [1.82, 2.24) is 9.88 Å². The normalized spacial score (nSPS) is 10.1. The molecule has 7 heteroatoms. The molecule has 1 aromatic heterocycles. The van der Waals surface area contributed by atoms with Gasteiger partial charge in [0.25, 0.3) is 5.91 Å². The summed E-state index contributed by atoms with van der Waals surface area (Å²) in [7, 11) is 0. The summed E-state index contributed by atoms with van der Waals surface area (Å²) in [6.07, 6.45) is 0.990. The SMILES string of the molecule is CCOC(=O)CN(CC)C(=O)c1ccnc(F)c1F. The van der Waals surface area contributed by atoms with Crippen molar-refractivity contribution in [2.24, 2.45) is 0 Å². The van der Waals surface area contributed by atoms with Crippen LogP contribution in [0.5, 0.6) is 0 Å². The summed E-state index contributed by atoms with van der Waals surface area (Å²) in [6, 6.07) is 1.06. The Morgan fingerprint density at radius 2 is 2.05 bits per heavy atom. The molecule has 1 heterocycles. The van der Waals surface area contributed by atoms with E-state index in [1.165, 1.54) is 0 Å². The molecule has 0 aliphatic rings. The van der Waals surface area contributed by atoms with E-state index in [1.807, 2.05) is 0 Å². The Balaban J connectivity index is 2.89. The molecule has 1 rings (SSSR count). The highest BCUT2D eigenvalue weighted by atomic mass is 19.2. The average Bonchev–Trinajstić information content (AvgIpc) is 2.39. The zero-order valence-electron chi connectivity index (χ0n) is 10.7. The third-order valence-electron chi connectivity index (χ3n) is 2.37. The molecule has 0 N–H and O–H groups in total. The van der Waals surface area contributed by atoms with E-state index in [9.17, 15) is 18.4 Å². The minimum absolute atomic E-state index is 0.168. The molecule has 0 spiro atoms. The number of carbonyl (C=O) groups is 2. The Morgan fingerprint density at radius 1 is 1.37 bits per heavy atom. The Kier molecular flexibility index (Phi) is 5.35. The first-order chi connectivity index (χ1) is 9.01. The molecule has 0 fully saturated rings. The number of hydrogen-bond donors (Lipinski definition) is 0. The Hall–Kier alpha value is -2.05. The number of nitrogens with zero attached hydrogens (tertiary/aromatic N) is 2. The number of halogens is 2. The van der Waals surface area contributed by atoms with Gasteiger partial charge in [-0.1, -0.05) is 0 Å². The summed E-state index contributed by atoms with van der Waals surface area (Å²) in [4.78, 5) is 27.4. The Labute approximate surface area is 109 Å². The summed E-state index contributed by atoms with van der Waals surface area (Å²) in [6.45, 7) is 3.29. The second kappa shape index (κ2) is 6.77. The van der Waals surface area contributed by atoms with E-state index in [1.54, 1.807) is 13.8 Å². The van der Waals surface area contributed by atoms with Gasteiger partial charge < -0.3 is 9.64 Å². The van der Waals surface area contributed by atoms with Crippen LogP contribution in [0.3, 0.4) is 0 Å². The first-order valence-electron chi connectivity index (χ1n) is 5.76. The quantitative estimate of drug-likeness (QED) is 0.600. The van der Waals surface area contributed by atoms with Crippen LogP contribution in [0.25, 0.3) is 0 Å². The van der Waals surface area contributed by atoms with Gasteiger partial charge in [-0.3, -0.25) is 9.59 Å². The van der Waals surface area contributed by atoms with E-state index >= 15 is 0 Å². The van der Waals surface area contributed by atoms with Gasteiger partial charge in [-0.2, -0.15) is 4.39 Å². The van der Waals surface area contributed by atoms with Crippen LogP contribution in [-0.4, -0.2) is 41.5 Å². The number of pyridine rings is 1. The lowest BCUT2D eigenvalue weighted by molar-refractivity contribution is -0.143. The topological polar surface area (TPSA) is 59.5 Å². The van der Waals surface area contributed by atoms with Crippen molar-refractivity contribution < 1.29 is 23.1 Å². The zero-order chi connectivity index (χ0) is 14.4. The summed E-state index contributed by atoms with van der Waals surface area (Å²) in [5.41, 5.74) is -0.460. The molecule has 0 unspecified atom stereocenters. The van der Waals surface area contributed by atoms with Crippen molar-refractivity contribution in [3.63, 3.8) is 0 Å². The number of esters is 1. The van der Waals surface area contributed by atoms with Crippen LogP contribution in [-0.2, 0) is 9.53 Å². The molecule has 1 amide bonds. The molecule has 0 radical (unpaired) electrons. The van der Waals surface area contributed by atoms with Crippen molar-refractivity contribution in [1.29, 1.82) is 0 Å². The molecule has 0 aliphatic carbocycles. The number of aromatic nitrogens is 1. The fourth-order valence-corrected chi connectivity index (χ4v) is 1.44. The van der Waals surface area contributed by atoms with Crippen molar-refractivity contribution in [3.05, 3.63) is 29.6 Å². The number of carbonyl (C=O) groups excluding carboxylic acids is 2. The summed E-state index contributed by atoms with van der Waals surface area (Å²) in [5, 5.41) is 0. The van der Waals surface area contributed by atoms with Gasteiger partial charge in [-0.25, -0.2) is 9.37 Å². The van der Waals surface area contributed by atoms with Crippen LogP contribution >= 0.6 is 0 Å². The smallest absolute Gasteiger partial charge is 0.325 e. The predicted octanol–water partition coefficient (Wildman–Crippen LogP) is 1.39. The van der Waals surface area contributed by atoms with Crippen molar-refractivity contribution >= 4 is 11.9 Å². The molecule has 19 heavy (non-hydrogen) atoms. The molecule has 0 aliphatic heterocycles. The second-order valence-electron chi connectivity index (χ2n) is 3.59. The fourth-order valence-electron chi connectivity index (χ4n) is 1.44. The molecular weight excluding hydrogens is 258 g/mol. The zero-order valence-corrected chi connectivity index (χ0v) is 10.7. The van der Waals surface area contributed by atoms with Crippen LogP contribution in [0.1, 0.15) is 24.2 Å². The maximum absolute atomic E-state index is 13.4. The van der Waals surface area contributed by atoms with Crippen LogP contribution in [0.4, 0.5) is 8.78 Å². The van der Waals surface area contributed by atoms with Gasteiger partial charge in [0.05, 0.1) is 12.2 Å². The van der Waals surface area contributed by atoms with Gasteiger partial charge in [0.15, 0.2) is 5.82 Å². The van der Waals surface area contributed by atoms with Crippen LogP contribution in [0.2, 0.25) is 0 Å². The van der Waals surface area contributed by atoms with E-state index in [0.29, 0.717) is 0 Å². The monoisotopic (exact) mass is 272 g/mol. The molecular formula is C12H14F2N2O3. The van der Waals surface area contributed by atoms with Gasteiger partial charge in [0, 0.05) is 12.7 Å². The van der Waals surface area contributed by atoms with E-state index in [2.05, 4.69) is 4.98 Å². The van der Waals surface area contributed by atoms with E-state index < -0.39 is 29.2 Å². The second-order valence-corrected chi connectivity index (χ2v) is 3.59. The molecule has 5 nitrogen and oxygen atoms in total. The molecule has 0 aromatic carbocycles. The Bertz CT molecular complexity index is 480. The lowest BCUT2D eigenvalue weighted by atomic mass is 10.2. The van der Waals surface area contributed by atoms with Gasteiger partial charge in [-0.15, -0.1) is 0 Å². The molecule has 0 bridgehead atoms. The standard InChI is InChI=1S/C12H14F2N2O3/c1-3-16(7-9(17)19-4-2)12(18)8-5-6-15-11(14)10(8)13/h5-6H,3-4,7H2,1-2H3. The van der Waals surface area contributed by atoms with Crippen LogP contribution in [0.15, 0.2) is 12.3 Å². The van der Waals surface area contributed by atoms with Crippen molar-refractivity contribution in [3.8, 4) is 0 Å². The fraction of sp³-hybridized carbons (Fsp3) is 0.417. The van der Waals surface area contributed by atoms with E-state index in [0.717, 1.165) is 17.2 Å². The van der Waals surface area contributed by atoms with Gasteiger partial charge >= 0.3 is 5.97 Å². The highest BCUT2D eigenvalue weighted by Gasteiger charge is 2.22. The summed E-state index contributed by atoms with van der Waals surface area (Å²) in [5.74, 6) is -4.06. The highest BCUT2D eigenvalue weighted by molar-refractivity contribution is 5.96. The number of likely N-dealkylation sites (N-methyl/N-ethyl adjacent to an activating group) is 1. The van der Waals surface area contributed by atoms with Gasteiger partial charge in [0.1, 0.15) is 6.54 Å². The molecule has 104 valence electrons. The largest absolute Gasteiger partial charge is 0.465 e. The predicted molar refractivity (Wildman–Crippen MR) is 62.4 cm³/mol. The summed E-state index contributed by atoms with van der Waals surface area (Å²) >= 11 is 0. The first kappa shape index (κ1) is 15.0. The number of rotatable bonds is 5. The van der Waals surface area contributed by atoms with Crippen molar-refractivity contribution in [2.75, 3.05) is 19.7 Å². The molecule has 1 aromatic rings.